The van der Waals surface area contributed by atoms with Crippen LogP contribution in [0.1, 0.15) is 219 Å². The largest absolute Gasteiger partial charge is 0.756 e. The van der Waals surface area contributed by atoms with Gasteiger partial charge in [-0.05, 0) is 38.5 Å². The molecule has 0 rings (SSSR count). The van der Waals surface area contributed by atoms with Crippen molar-refractivity contribution in [3.63, 3.8) is 0 Å². The van der Waals surface area contributed by atoms with Gasteiger partial charge < -0.3 is 27.9 Å². The Morgan fingerprint density at radius 3 is 1.49 bits per heavy atom. The highest BCUT2D eigenvalue weighted by Crippen LogP contribution is 2.38. The number of ether oxygens (including phenoxy) is 2. The maximum absolute atomic E-state index is 12.7. The molecule has 0 N–H and O–H groups in total. The minimum atomic E-state index is -4.53. The number of likely N-dealkylation sites (N-methyl/N-ethyl adjacent to an activating group) is 1. The van der Waals surface area contributed by atoms with Crippen molar-refractivity contribution < 1.29 is 37.3 Å². The van der Waals surface area contributed by atoms with E-state index in [4.69, 9.17) is 18.5 Å². The fraction of sp³-hybridized carbons (Fsp3) is 0.896. The normalized spacial score (nSPS) is 13.9. The van der Waals surface area contributed by atoms with Crippen LogP contribution < -0.4 is 4.89 Å². The summed E-state index contributed by atoms with van der Waals surface area (Å²) in [5, 5.41) is 0. The molecule has 0 saturated carbocycles. The molecule has 0 saturated heterocycles. The highest BCUT2D eigenvalue weighted by atomic mass is 31.2. The van der Waals surface area contributed by atoms with Crippen LogP contribution in [0.5, 0.6) is 0 Å². The van der Waals surface area contributed by atoms with Gasteiger partial charge in [-0.25, -0.2) is 0 Å². The molecule has 8 nitrogen and oxygen atoms in total. The first-order valence-electron chi connectivity index (χ1n) is 24.1. The zero-order valence-corrected chi connectivity index (χ0v) is 39.2. The average Bonchev–Trinajstić information content (AvgIpc) is 3.16. The van der Waals surface area contributed by atoms with Gasteiger partial charge in [0.05, 0.1) is 34.4 Å². The van der Waals surface area contributed by atoms with E-state index in [1.54, 1.807) is 0 Å². The molecule has 0 aromatic rings. The smallest absolute Gasteiger partial charge is 0.306 e. The van der Waals surface area contributed by atoms with E-state index in [1.165, 1.54) is 135 Å². The molecule has 0 aromatic carbocycles. The molecular weight excluding hydrogens is 734 g/mol. The molecule has 0 aliphatic carbocycles. The Bertz CT molecular complexity index is 967. The lowest BCUT2D eigenvalue weighted by Crippen LogP contribution is -2.37. The highest BCUT2D eigenvalue weighted by Gasteiger charge is 2.20. The number of esters is 1. The van der Waals surface area contributed by atoms with Crippen molar-refractivity contribution in [1.29, 1.82) is 0 Å². The minimum Gasteiger partial charge on any atom is -0.756 e. The lowest BCUT2D eigenvalue weighted by molar-refractivity contribution is -0.870. The second kappa shape index (κ2) is 41.7. The van der Waals surface area contributed by atoms with Crippen molar-refractivity contribution >= 4 is 13.8 Å². The van der Waals surface area contributed by atoms with Crippen molar-refractivity contribution in [2.45, 2.75) is 225 Å². The summed E-state index contributed by atoms with van der Waals surface area (Å²) in [5.74, 6) is -0.345. The number of quaternary nitrogens is 1. The lowest BCUT2D eigenvalue weighted by atomic mass is 10.0. The fourth-order valence-corrected chi connectivity index (χ4v) is 7.49. The van der Waals surface area contributed by atoms with Gasteiger partial charge in [0, 0.05) is 13.0 Å². The molecule has 0 fully saturated rings. The van der Waals surface area contributed by atoms with Crippen molar-refractivity contribution in [3.05, 3.63) is 24.3 Å². The second-order valence-corrected chi connectivity index (χ2v) is 18.9. The zero-order valence-electron chi connectivity index (χ0n) is 38.3. The van der Waals surface area contributed by atoms with Crippen LogP contribution in [0.15, 0.2) is 24.3 Å². The van der Waals surface area contributed by atoms with E-state index >= 15 is 0 Å². The van der Waals surface area contributed by atoms with Gasteiger partial charge in [0.2, 0.25) is 0 Å². The van der Waals surface area contributed by atoms with Gasteiger partial charge in [-0.2, -0.15) is 0 Å². The SMILES string of the molecule is CCC/C=C\C/C=C\CCCCCCCC(=O)OC(COCCCCCCCCCCCCCCCCCCCCCCCC)COP(=O)([O-])OCC[N+](C)(C)C. The molecule has 338 valence electrons. The molecule has 0 spiro atoms. The molecule has 2 atom stereocenters. The van der Waals surface area contributed by atoms with Crippen molar-refractivity contribution in [3.8, 4) is 0 Å². The van der Waals surface area contributed by atoms with Gasteiger partial charge in [-0.15, -0.1) is 0 Å². The predicted molar refractivity (Wildman–Crippen MR) is 240 cm³/mol. The molecule has 0 aliphatic rings. The van der Waals surface area contributed by atoms with Crippen LogP contribution in [0.3, 0.4) is 0 Å². The quantitative estimate of drug-likeness (QED) is 0.0198. The molecule has 0 radical (unpaired) electrons. The number of carbonyl (C=O) groups is 1. The topological polar surface area (TPSA) is 94.1 Å². The molecule has 57 heavy (non-hydrogen) atoms. The van der Waals surface area contributed by atoms with Crippen molar-refractivity contribution in [2.24, 2.45) is 0 Å². The number of hydrogen-bond acceptors (Lipinski definition) is 7. The van der Waals surface area contributed by atoms with E-state index in [0.717, 1.165) is 64.2 Å². The van der Waals surface area contributed by atoms with Gasteiger partial charge in [0.1, 0.15) is 19.3 Å². The Hall–Kier alpha value is -1.02. The maximum Gasteiger partial charge on any atom is 0.306 e. The first-order valence-corrected chi connectivity index (χ1v) is 25.5. The Kier molecular flexibility index (Phi) is 41.0. The van der Waals surface area contributed by atoms with E-state index in [9.17, 15) is 14.3 Å². The van der Waals surface area contributed by atoms with Crippen LogP contribution in [-0.4, -0.2) is 70.7 Å². The molecule has 0 aliphatic heterocycles. The number of unbranched alkanes of at least 4 members (excludes halogenated alkanes) is 27. The Labute approximate surface area is 353 Å². The highest BCUT2D eigenvalue weighted by molar-refractivity contribution is 7.45. The summed E-state index contributed by atoms with van der Waals surface area (Å²) in [6, 6.07) is 0. The summed E-state index contributed by atoms with van der Waals surface area (Å²) < 4.78 is 34.6. The number of allylic oxidation sites excluding steroid dienone is 4. The number of nitrogens with zero attached hydrogens (tertiary/aromatic N) is 1. The summed E-state index contributed by atoms with van der Waals surface area (Å²) in [6.07, 6.45) is 47.7. The summed E-state index contributed by atoms with van der Waals surface area (Å²) in [4.78, 5) is 25.1. The summed E-state index contributed by atoms with van der Waals surface area (Å²) >= 11 is 0. The Morgan fingerprint density at radius 1 is 0.544 bits per heavy atom. The second-order valence-electron chi connectivity index (χ2n) is 17.5. The van der Waals surface area contributed by atoms with Crippen LogP contribution >= 0.6 is 7.82 Å². The van der Waals surface area contributed by atoms with Gasteiger partial charge in [0.25, 0.3) is 7.82 Å². The first-order chi connectivity index (χ1) is 27.6. The molecule has 0 amide bonds. The van der Waals surface area contributed by atoms with E-state index in [2.05, 4.69) is 38.2 Å². The van der Waals surface area contributed by atoms with Crippen LogP contribution in [0.4, 0.5) is 0 Å². The third-order valence-corrected chi connectivity index (χ3v) is 11.5. The number of phosphoric acid groups is 1. The van der Waals surface area contributed by atoms with Crippen molar-refractivity contribution in [2.75, 3.05) is 54.1 Å². The van der Waals surface area contributed by atoms with E-state index in [-0.39, 0.29) is 25.8 Å². The third-order valence-electron chi connectivity index (χ3n) is 10.5. The summed E-state index contributed by atoms with van der Waals surface area (Å²) in [7, 11) is 1.35. The van der Waals surface area contributed by atoms with Gasteiger partial charge in [-0.1, -0.05) is 199 Å². The Morgan fingerprint density at radius 2 is 1.00 bits per heavy atom. The summed E-state index contributed by atoms with van der Waals surface area (Å²) in [5.41, 5.74) is 0. The summed E-state index contributed by atoms with van der Waals surface area (Å²) in [6.45, 7) is 5.37. The number of phosphoric ester groups is 1. The number of rotatable bonds is 45. The Balaban J connectivity index is 4.09. The first kappa shape index (κ1) is 56.0. The number of hydrogen-bond donors (Lipinski definition) is 0. The van der Waals surface area contributed by atoms with E-state index in [1.807, 2.05) is 21.1 Å². The van der Waals surface area contributed by atoms with E-state index < -0.39 is 13.9 Å². The van der Waals surface area contributed by atoms with Gasteiger partial charge >= 0.3 is 5.97 Å². The van der Waals surface area contributed by atoms with Crippen molar-refractivity contribution in [1.82, 2.24) is 0 Å². The zero-order chi connectivity index (χ0) is 42.0. The number of carbonyl (C=O) groups excluding carboxylic acids is 1. The molecule has 0 aromatic heterocycles. The molecule has 9 heteroatoms. The van der Waals surface area contributed by atoms with Crippen LogP contribution in [0.25, 0.3) is 0 Å². The third kappa shape index (κ3) is 45.9. The van der Waals surface area contributed by atoms with Crippen LogP contribution in [0.2, 0.25) is 0 Å². The lowest BCUT2D eigenvalue weighted by Gasteiger charge is -2.28. The minimum absolute atomic E-state index is 0.0252. The molecule has 0 heterocycles. The average molecular weight is 828 g/mol. The molecule has 2 unspecified atom stereocenters. The molecular formula is C48H94NO7P. The predicted octanol–water partition coefficient (Wildman–Crippen LogP) is 13.8. The van der Waals surface area contributed by atoms with Crippen LogP contribution in [0, 0.1) is 0 Å². The van der Waals surface area contributed by atoms with Gasteiger partial charge in [0.15, 0.2) is 0 Å². The van der Waals surface area contributed by atoms with Gasteiger partial charge in [-0.3, -0.25) is 9.36 Å². The fourth-order valence-electron chi connectivity index (χ4n) is 6.76. The van der Waals surface area contributed by atoms with E-state index in [0.29, 0.717) is 24.1 Å². The maximum atomic E-state index is 12.7. The van der Waals surface area contributed by atoms with Crippen LogP contribution in [-0.2, 0) is 27.9 Å². The monoisotopic (exact) mass is 828 g/mol. The standard InChI is InChI=1S/C48H94NO7P/c1-6-8-10-12-14-16-18-20-21-22-23-24-25-26-27-28-30-32-34-36-38-40-43-53-45-47(46-55-57(51,52)54-44-42-49(3,4)5)56-48(50)41-39-37-35-33-31-29-19-17-15-13-11-9-7-2/h11,13,17,19,47H,6-10,12,14-16,18,20-46H2,1-5H3/b13-11-,19-17-. The molecule has 0 bridgehead atoms.